The number of carbonyl (C=O) groups excluding carboxylic acids is 4. The number of hydrogen-bond acceptors (Lipinski definition) is 12. The van der Waals surface area contributed by atoms with Gasteiger partial charge >= 0.3 is 59.1 Å². The summed E-state index contributed by atoms with van der Waals surface area (Å²) in [4.78, 5) is 50.5. The van der Waals surface area contributed by atoms with Crippen LogP contribution < -0.4 is 69.3 Å². The molecule has 6 rings (SSSR count). The van der Waals surface area contributed by atoms with Gasteiger partial charge in [-0.15, -0.1) is 23.5 Å². The normalized spacial score (nSPS) is 29.1. The maximum absolute atomic E-state index is 12.0. The summed E-state index contributed by atoms with van der Waals surface area (Å²) in [6.07, 6.45) is 1.47. The van der Waals surface area contributed by atoms with E-state index in [9.17, 15) is 39.6 Å². The molecule has 0 saturated carbocycles. The molecule has 4 saturated heterocycles. The third-order valence-electron chi connectivity index (χ3n) is 8.13. The van der Waals surface area contributed by atoms with E-state index in [0.717, 1.165) is 12.8 Å². The molecule has 12 N–H and O–H groups in total. The van der Waals surface area contributed by atoms with Gasteiger partial charge < -0.3 is 66.9 Å². The Morgan fingerprint density at radius 3 is 1.30 bits per heavy atom. The molecule has 260 valence electrons. The van der Waals surface area contributed by atoms with Gasteiger partial charge in [-0.1, -0.05) is 0 Å². The maximum atomic E-state index is 12.0. The number of carbonyl (C=O) groups is 4. The van der Waals surface area contributed by atoms with Crippen LogP contribution in [0.25, 0.3) is 0 Å². The van der Waals surface area contributed by atoms with Gasteiger partial charge in [0.25, 0.3) is 0 Å². The summed E-state index contributed by atoms with van der Waals surface area (Å²) in [5.41, 5.74) is -0.0115. The van der Waals surface area contributed by atoms with Gasteiger partial charge in [0.1, 0.15) is 10.7 Å². The Hall–Kier alpha value is -0.300. The zero-order valence-corrected chi connectivity index (χ0v) is 32.3. The third kappa shape index (κ3) is 9.94. The van der Waals surface area contributed by atoms with Gasteiger partial charge in [-0.25, -0.2) is 0 Å². The molecule has 0 aromatic heterocycles. The molecule has 0 aromatic rings. The van der Waals surface area contributed by atoms with Gasteiger partial charge in [0, 0.05) is 36.2 Å². The molecule has 0 radical (unpaired) electrons. The van der Waals surface area contributed by atoms with E-state index in [-0.39, 0.29) is 120 Å². The van der Waals surface area contributed by atoms with E-state index in [1.54, 1.807) is 13.8 Å². The van der Waals surface area contributed by atoms with Crippen LogP contribution >= 0.6 is 23.5 Å². The van der Waals surface area contributed by atoms with E-state index in [0.29, 0.717) is 60.9 Å². The second kappa shape index (κ2) is 21.2. The molecule has 8 atom stereocenters. The fraction of sp³-hybridized carbons (Fsp3) is 0.692. The first-order valence-corrected chi connectivity index (χ1v) is 15.2. The second-order valence-corrected chi connectivity index (χ2v) is 13.4. The number of thioether (sulfide) groups is 2. The molecule has 6 heterocycles. The fourth-order valence-electron chi connectivity index (χ4n) is 5.99. The first-order chi connectivity index (χ1) is 19.0. The van der Waals surface area contributed by atoms with Crippen molar-refractivity contribution in [2.24, 2.45) is 23.7 Å². The molecular formula is C26H42N2Na2O15S2. The van der Waals surface area contributed by atoms with Crippen molar-refractivity contribution < 1.29 is 136 Å². The molecule has 47 heavy (non-hydrogen) atoms. The number of aliphatic carboxylic acids is 2. The van der Waals surface area contributed by atoms with E-state index in [1.165, 1.54) is 33.3 Å². The minimum atomic E-state index is -1.31. The zero-order chi connectivity index (χ0) is 28.9. The van der Waals surface area contributed by atoms with E-state index in [4.69, 9.17) is 9.47 Å². The molecule has 0 aliphatic carbocycles. The molecule has 0 spiro atoms. The number of fused-ring (bicyclic) bond motifs is 2. The summed E-state index contributed by atoms with van der Waals surface area (Å²) in [5.74, 6) is -3.73. The Bertz CT molecular complexity index is 1080. The Kier molecular flexibility index (Phi) is 23.0. The molecule has 2 unspecified atom stereocenters. The molecule has 21 heteroatoms. The van der Waals surface area contributed by atoms with Crippen molar-refractivity contribution in [1.82, 2.24) is 9.80 Å². The molecular weight excluding hydrogens is 690 g/mol. The number of amides is 2. The summed E-state index contributed by atoms with van der Waals surface area (Å²) in [6.45, 7) is 5.77. The van der Waals surface area contributed by atoms with Crippen LogP contribution in [-0.2, 0) is 28.7 Å². The van der Waals surface area contributed by atoms with Crippen molar-refractivity contribution in [2.75, 3.05) is 26.4 Å². The quantitative estimate of drug-likeness (QED) is 0.174. The Labute approximate surface area is 324 Å². The largest absolute Gasteiger partial charge is 1.00 e. The van der Waals surface area contributed by atoms with Gasteiger partial charge in [-0.2, -0.15) is 0 Å². The van der Waals surface area contributed by atoms with Crippen LogP contribution in [0.4, 0.5) is 0 Å². The fourth-order valence-corrected chi connectivity index (χ4v) is 9.43. The van der Waals surface area contributed by atoms with E-state index in [1.807, 2.05) is 0 Å². The Morgan fingerprint density at radius 2 is 1.06 bits per heavy atom. The summed E-state index contributed by atoms with van der Waals surface area (Å²) in [7, 11) is 0. The third-order valence-corrected chi connectivity index (χ3v) is 10.9. The monoisotopic (exact) mass is 732 g/mol. The minimum Gasteiger partial charge on any atom is -0.543 e. The van der Waals surface area contributed by atoms with Gasteiger partial charge in [-0.05, 0) is 51.4 Å². The summed E-state index contributed by atoms with van der Waals surface area (Å²) in [6, 6.07) is 0. The number of hydrogen-bond donors (Lipinski definition) is 2. The van der Waals surface area contributed by atoms with Crippen LogP contribution in [-0.4, -0.2) is 121 Å². The summed E-state index contributed by atoms with van der Waals surface area (Å²) in [5, 5.41) is 41.3. The number of ether oxygens (including phenoxy) is 2. The number of aliphatic hydroxyl groups excluding tert-OH is 2. The molecule has 6 aliphatic heterocycles. The first kappa shape index (κ1) is 51.1. The molecule has 0 bridgehead atoms. The Morgan fingerprint density at radius 1 is 0.745 bits per heavy atom. The maximum Gasteiger partial charge on any atom is 1.00 e. The van der Waals surface area contributed by atoms with Crippen LogP contribution in [0.2, 0.25) is 0 Å². The number of carboxylic acid groups (broad SMARTS) is 2. The van der Waals surface area contributed by atoms with Crippen molar-refractivity contribution in [1.29, 1.82) is 0 Å². The number of aliphatic hydroxyl groups is 2. The number of carboxylic acids is 2. The number of β-lactam (4-membered cyclic amide) rings is 2. The number of allylic oxidation sites excluding steroid dienone is 2. The number of rotatable bonds is 8. The van der Waals surface area contributed by atoms with Crippen LogP contribution in [0.1, 0.15) is 39.5 Å². The van der Waals surface area contributed by atoms with Crippen LogP contribution in [0, 0.1) is 23.7 Å². The van der Waals surface area contributed by atoms with Gasteiger partial charge in [0.15, 0.2) is 0 Å². The standard InChI is InChI=1S/2C13H17NO5S.2Na.5H2O/c2*1-6(15)9-11(16)14-10(13(17)18)8(20-12(9)14)4-7-2-3-19-5-7;;;;;;;/h2*6-7,9,12,15H,2-5H2,1H3,(H,17,18);;;5*1H2/q;;2*+1;;;;;/p-2/t2*6-,7?,9+,12-;;;;;;;/m11......./s1. The topological polar surface area (TPSA) is 337 Å². The van der Waals surface area contributed by atoms with Crippen molar-refractivity contribution in [3.63, 3.8) is 0 Å². The predicted octanol–water partition coefficient (Wildman–Crippen LogP) is -11.5. The van der Waals surface area contributed by atoms with Crippen molar-refractivity contribution in [3.8, 4) is 0 Å². The molecule has 4 fully saturated rings. The van der Waals surface area contributed by atoms with Crippen LogP contribution in [0.5, 0.6) is 0 Å². The SMILES string of the molecule is C[C@@H](O)[C@H]1C(=O)N2C(C(=O)[O-])=C(CC3CCOC3)S[C@H]12.C[C@@H](O)[C@H]1C(=O)N2C(C(=O)[O-])=C(CC3CCOC3)S[C@H]12.O.O.O.O.O.[Na+].[Na+]. The molecule has 17 nitrogen and oxygen atoms in total. The van der Waals surface area contributed by atoms with Crippen molar-refractivity contribution >= 4 is 47.3 Å². The predicted molar refractivity (Wildman–Crippen MR) is 156 cm³/mol. The molecule has 2 amide bonds. The average Bonchev–Trinajstić information content (AvgIpc) is 3.66. The van der Waals surface area contributed by atoms with Crippen LogP contribution in [0.3, 0.4) is 0 Å². The van der Waals surface area contributed by atoms with E-state index >= 15 is 0 Å². The van der Waals surface area contributed by atoms with Crippen molar-refractivity contribution in [2.45, 2.75) is 62.5 Å². The minimum absolute atomic E-state index is 0. The summed E-state index contributed by atoms with van der Waals surface area (Å²) < 4.78 is 10.6. The van der Waals surface area contributed by atoms with Gasteiger partial charge in [0.05, 0.1) is 47.4 Å². The zero-order valence-electron chi connectivity index (χ0n) is 26.6. The van der Waals surface area contributed by atoms with E-state index in [2.05, 4.69) is 0 Å². The van der Waals surface area contributed by atoms with Crippen LogP contribution in [0.15, 0.2) is 21.2 Å². The number of nitrogens with zero attached hydrogens (tertiary/aromatic N) is 2. The average molecular weight is 733 g/mol. The summed E-state index contributed by atoms with van der Waals surface area (Å²) >= 11 is 2.74. The van der Waals surface area contributed by atoms with E-state index < -0.39 is 36.0 Å². The molecule has 6 aliphatic rings. The molecule has 0 aromatic carbocycles. The van der Waals surface area contributed by atoms with Gasteiger partial charge in [-0.3, -0.25) is 19.4 Å². The van der Waals surface area contributed by atoms with Crippen molar-refractivity contribution in [3.05, 3.63) is 21.2 Å². The second-order valence-electron chi connectivity index (χ2n) is 11.0. The van der Waals surface area contributed by atoms with Gasteiger partial charge in [0.2, 0.25) is 11.8 Å². The first-order valence-electron chi connectivity index (χ1n) is 13.4. The smallest absolute Gasteiger partial charge is 0.543 e. The Balaban J connectivity index is -0.000000717.